The van der Waals surface area contributed by atoms with Crippen molar-refractivity contribution in [2.75, 3.05) is 0 Å². The number of hydrogen-bond acceptors (Lipinski definition) is 6. The standard InChI is InChI=1S/C57H33N3O2S/c1-3-12-34(13-4-1)35-22-24-37(25-23-35)56-58-55(36-14-5-2-6-15-36)59-57(60-56)43-18-11-20-49-54(43)46-31-39(26-28-48(46)61-49)44-32-40(33-50-53(44)42-17-7-9-19-47(42)62-50)38-27-29-52-45(30-38)41-16-8-10-21-51(41)63-52/h1-33H. The zero-order chi connectivity index (χ0) is 41.4. The molecule has 0 aliphatic carbocycles. The van der Waals surface area contributed by atoms with E-state index in [-0.39, 0.29) is 0 Å². The third-order valence-electron chi connectivity index (χ3n) is 12.2. The van der Waals surface area contributed by atoms with Crippen LogP contribution in [0.25, 0.3) is 132 Å². The van der Waals surface area contributed by atoms with Crippen LogP contribution in [0.4, 0.5) is 0 Å². The molecule has 0 aliphatic heterocycles. The quantitative estimate of drug-likeness (QED) is 0.167. The minimum Gasteiger partial charge on any atom is -0.456 e. The predicted molar refractivity (Wildman–Crippen MR) is 260 cm³/mol. The first-order valence-electron chi connectivity index (χ1n) is 21.0. The van der Waals surface area contributed by atoms with Crippen molar-refractivity contribution in [2.45, 2.75) is 0 Å². The lowest BCUT2D eigenvalue weighted by atomic mass is 9.93. The van der Waals surface area contributed by atoms with Crippen molar-refractivity contribution in [3.05, 3.63) is 200 Å². The smallest absolute Gasteiger partial charge is 0.164 e. The molecule has 0 spiro atoms. The highest BCUT2D eigenvalue weighted by atomic mass is 32.1. The minimum absolute atomic E-state index is 0.575. The van der Waals surface area contributed by atoms with Crippen molar-refractivity contribution in [3.8, 4) is 67.5 Å². The van der Waals surface area contributed by atoms with Gasteiger partial charge in [0.05, 0.1) is 0 Å². The van der Waals surface area contributed by atoms with Crippen LogP contribution in [-0.4, -0.2) is 15.0 Å². The molecule has 6 heteroatoms. The molecular formula is C57H33N3O2S. The molecule has 0 aliphatic rings. The van der Waals surface area contributed by atoms with Crippen molar-refractivity contribution in [1.82, 2.24) is 15.0 Å². The highest BCUT2D eigenvalue weighted by Crippen LogP contribution is 2.44. The van der Waals surface area contributed by atoms with E-state index in [9.17, 15) is 0 Å². The van der Waals surface area contributed by atoms with Gasteiger partial charge in [-0.2, -0.15) is 0 Å². The maximum Gasteiger partial charge on any atom is 0.164 e. The fourth-order valence-electron chi connectivity index (χ4n) is 9.12. The van der Waals surface area contributed by atoms with Crippen LogP contribution >= 0.6 is 11.3 Å². The molecule has 0 atom stereocenters. The number of rotatable bonds is 6. The third-order valence-corrected chi connectivity index (χ3v) is 13.3. The summed E-state index contributed by atoms with van der Waals surface area (Å²) in [5, 5.41) is 6.62. The SMILES string of the molecule is c1ccc(-c2ccc(-c3nc(-c4ccccc4)nc(-c4cccc5oc6ccc(-c7cc(-c8ccc9sc%10ccccc%10c9c8)cc8oc9ccccc9c78)cc6c45)n3)cc2)cc1. The molecule has 0 fully saturated rings. The Hall–Kier alpha value is -8.19. The van der Waals surface area contributed by atoms with E-state index >= 15 is 0 Å². The van der Waals surface area contributed by atoms with Crippen LogP contribution in [-0.2, 0) is 0 Å². The summed E-state index contributed by atoms with van der Waals surface area (Å²) >= 11 is 1.83. The summed E-state index contributed by atoms with van der Waals surface area (Å²) in [5.41, 5.74) is 12.6. The molecule has 0 amide bonds. The Kier molecular flexibility index (Phi) is 8.01. The van der Waals surface area contributed by atoms with Crippen LogP contribution in [0.3, 0.4) is 0 Å². The van der Waals surface area contributed by atoms with E-state index in [2.05, 4.69) is 140 Å². The second-order valence-electron chi connectivity index (χ2n) is 15.9. The summed E-state index contributed by atoms with van der Waals surface area (Å²) in [4.78, 5) is 15.4. The predicted octanol–water partition coefficient (Wildman–Crippen LogP) is 16.0. The second-order valence-corrected chi connectivity index (χ2v) is 17.0. The number of benzene rings is 9. The van der Waals surface area contributed by atoms with Gasteiger partial charge >= 0.3 is 0 Å². The van der Waals surface area contributed by atoms with E-state index in [0.717, 1.165) is 93.9 Å². The van der Waals surface area contributed by atoms with E-state index in [1.54, 1.807) is 0 Å². The second kappa shape index (κ2) is 14.2. The first kappa shape index (κ1) is 35.6. The Labute approximate surface area is 365 Å². The molecule has 4 heterocycles. The number of furan rings is 2. The first-order chi connectivity index (χ1) is 31.2. The van der Waals surface area contributed by atoms with Crippen LogP contribution in [0, 0.1) is 0 Å². The van der Waals surface area contributed by atoms with Gasteiger partial charge in [-0.1, -0.05) is 146 Å². The number of nitrogens with zero attached hydrogens (tertiary/aromatic N) is 3. The Morgan fingerprint density at radius 3 is 1.67 bits per heavy atom. The highest BCUT2D eigenvalue weighted by Gasteiger charge is 2.21. The van der Waals surface area contributed by atoms with E-state index in [4.69, 9.17) is 23.8 Å². The van der Waals surface area contributed by atoms with Gasteiger partial charge in [0.1, 0.15) is 22.3 Å². The number of para-hydroxylation sites is 1. The normalized spacial score (nSPS) is 11.8. The number of hydrogen-bond donors (Lipinski definition) is 0. The fraction of sp³-hybridized carbons (Fsp3) is 0. The summed E-state index contributed by atoms with van der Waals surface area (Å²) in [6.07, 6.45) is 0. The van der Waals surface area contributed by atoms with Gasteiger partial charge in [-0.05, 0) is 88.0 Å². The topological polar surface area (TPSA) is 65.0 Å². The number of fused-ring (bicyclic) bond motifs is 9. The summed E-state index contributed by atoms with van der Waals surface area (Å²) in [6.45, 7) is 0. The largest absolute Gasteiger partial charge is 0.456 e. The fourth-order valence-corrected chi connectivity index (χ4v) is 10.2. The van der Waals surface area contributed by atoms with E-state index in [1.807, 2.05) is 72.0 Å². The van der Waals surface area contributed by atoms with E-state index in [0.29, 0.717) is 17.5 Å². The molecule has 0 unspecified atom stereocenters. The average molecular weight is 824 g/mol. The number of thiophene rings is 1. The molecular weight excluding hydrogens is 791 g/mol. The molecule has 294 valence electrons. The first-order valence-corrected chi connectivity index (χ1v) is 21.8. The van der Waals surface area contributed by atoms with Gasteiger partial charge in [-0.25, -0.2) is 15.0 Å². The Balaban J connectivity index is 1.000. The molecule has 5 nitrogen and oxygen atoms in total. The van der Waals surface area contributed by atoms with Crippen LogP contribution in [0.1, 0.15) is 0 Å². The van der Waals surface area contributed by atoms with Gasteiger partial charge in [0.2, 0.25) is 0 Å². The lowest BCUT2D eigenvalue weighted by Crippen LogP contribution is -2.00. The molecule has 0 N–H and O–H groups in total. The van der Waals surface area contributed by atoms with E-state index < -0.39 is 0 Å². The summed E-state index contributed by atoms with van der Waals surface area (Å²) < 4.78 is 15.8. The lowest BCUT2D eigenvalue weighted by molar-refractivity contribution is 0.669. The minimum atomic E-state index is 0.575. The lowest BCUT2D eigenvalue weighted by Gasteiger charge is -2.11. The van der Waals surface area contributed by atoms with Crippen LogP contribution < -0.4 is 0 Å². The molecule has 63 heavy (non-hydrogen) atoms. The zero-order valence-corrected chi connectivity index (χ0v) is 34.4. The molecule has 0 bridgehead atoms. The van der Waals surface area contributed by atoms with Crippen molar-refractivity contribution >= 4 is 75.4 Å². The van der Waals surface area contributed by atoms with Crippen molar-refractivity contribution < 1.29 is 8.83 Å². The summed E-state index contributed by atoms with van der Waals surface area (Å²) in [7, 11) is 0. The molecule has 13 aromatic rings. The van der Waals surface area contributed by atoms with Gasteiger partial charge in [0.25, 0.3) is 0 Å². The van der Waals surface area contributed by atoms with Crippen LogP contribution in [0.5, 0.6) is 0 Å². The number of aromatic nitrogens is 3. The average Bonchev–Trinajstić information content (AvgIpc) is 4.05. The maximum atomic E-state index is 6.62. The molecule has 0 saturated carbocycles. The van der Waals surface area contributed by atoms with Gasteiger partial charge in [0.15, 0.2) is 17.5 Å². The molecule has 0 saturated heterocycles. The van der Waals surface area contributed by atoms with E-state index in [1.165, 1.54) is 20.2 Å². The Morgan fingerprint density at radius 2 is 0.841 bits per heavy atom. The van der Waals surface area contributed by atoms with Gasteiger partial charge < -0.3 is 8.83 Å². The third kappa shape index (κ3) is 5.95. The zero-order valence-electron chi connectivity index (χ0n) is 33.6. The van der Waals surface area contributed by atoms with Gasteiger partial charge in [-0.15, -0.1) is 11.3 Å². The van der Waals surface area contributed by atoms with Crippen LogP contribution in [0.15, 0.2) is 209 Å². The van der Waals surface area contributed by atoms with Crippen LogP contribution in [0.2, 0.25) is 0 Å². The van der Waals surface area contributed by atoms with Gasteiger partial charge in [-0.3, -0.25) is 0 Å². The molecule has 4 aromatic heterocycles. The molecule has 13 rings (SSSR count). The monoisotopic (exact) mass is 823 g/mol. The van der Waals surface area contributed by atoms with Crippen molar-refractivity contribution in [1.29, 1.82) is 0 Å². The maximum absolute atomic E-state index is 6.62. The Morgan fingerprint density at radius 1 is 0.286 bits per heavy atom. The molecule has 0 radical (unpaired) electrons. The summed E-state index contributed by atoms with van der Waals surface area (Å²) in [6, 6.07) is 69.8. The summed E-state index contributed by atoms with van der Waals surface area (Å²) in [5.74, 6) is 1.78. The Bertz CT molecular complexity index is 3900. The van der Waals surface area contributed by atoms with Crippen molar-refractivity contribution in [3.63, 3.8) is 0 Å². The van der Waals surface area contributed by atoms with Gasteiger partial charge in [0, 0.05) is 58.4 Å². The molecule has 9 aromatic carbocycles. The van der Waals surface area contributed by atoms with Crippen molar-refractivity contribution in [2.24, 2.45) is 0 Å². The highest BCUT2D eigenvalue weighted by molar-refractivity contribution is 7.25.